The van der Waals surface area contributed by atoms with E-state index >= 15 is 0 Å². The van der Waals surface area contributed by atoms with Gasteiger partial charge in [-0.1, -0.05) is 36.4 Å². The molecule has 4 rings (SSSR count). The zero-order valence-corrected chi connectivity index (χ0v) is 17.3. The minimum Gasteiger partial charge on any atom is -0.324 e. The Labute approximate surface area is 180 Å². The number of anilines is 2. The van der Waals surface area contributed by atoms with E-state index in [9.17, 15) is 14.0 Å². The van der Waals surface area contributed by atoms with Gasteiger partial charge in [0.25, 0.3) is 5.91 Å². The van der Waals surface area contributed by atoms with E-state index in [0.29, 0.717) is 16.9 Å². The van der Waals surface area contributed by atoms with Gasteiger partial charge in [-0.25, -0.2) is 4.39 Å². The molecule has 0 radical (unpaired) electrons. The van der Waals surface area contributed by atoms with Crippen LogP contribution in [-0.4, -0.2) is 30.3 Å². The molecule has 0 aliphatic heterocycles. The monoisotopic (exact) mass is 417 g/mol. The van der Waals surface area contributed by atoms with Crippen LogP contribution in [0.5, 0.6) is 0 Å². The molecular weight excluding hydrogens is 393 g/mol. The van der Waals surface area contributed by atoms with E-state index in [2.05, 4.69) is 22.8 Å². The lowest BCUT2D eigenvalue weighted by atomic mass is 10.1. The van der Waals surface area contributed by atoms with Crippen molar-refractivity contribution in [3.05, 3.63) is 95.3 Å². The average Bonchev–Trinajstić information content (AvgIpc) is 3.20. The van der Waals surface area contributed by atoms with E-state index in [4.69, 9.17) is 0 Å². The van der Waals surface area contributed by atoms with Crippen LogP contribution < -0.4 is 10.6 Å². The van der Waals surface area contributed by atoms with Crippen molar-refractivity contribution >= 4 is 23.2 Å². The predicted octanol–water partition coefficient (Wildman–Crippen LogP) is 4.64. The molecule has 1 aliphatic carbocycles. The minimum atomic E-state index is -0.375. The zero-order chi connectivity index (χ0) is 21.8. The topological polar surface area (TPSA) is 61.4 Å². The molecule has 1 atom stereocenters. The average molecular weight is 417 g/mol. The lowest BCUT2D eigenvalue weighted by molar-refractivity contribution is -0.117. The number of benzene rings is 3. The van der Waals surface area contributed by atoms with Crippen LogP contribution in [0, 0.1) is 5.82 Å². The van der Waals surface area contributed by atoms with Crippen LogP contribution in [0.1, 0.15) is 33.9 Å². The maximum absolute atomic E-state index is 13.1. The molecule has 0 saturated heterocycles. The van der Waals surface area contributed by atoms with Gasteiger partial charge >= 0.3 is 0 Å². The van der Waals surface area contributed by atoms with E-state index in [1.807, 2.05) is 24.1 Å². The molecule has 5 nitrogen and oxygen atoms in total. The van der Waals surface area contributed by atoms with Gasteiger partial charge in [0.1, 0.15) is 5.82 Å². The highest BCUT2D eigenvalue weighted by molar-refractivity contribution is 6.10. The third kappa shape index (κ3) is 4.81. The highest BCUT2D eigenvalue weighted by Gasteiger charge is 2.26. The van der Waals surface area contributed by atoms with Crippen LogP contribution >= 0.6 is 0 Å². The molecule has 2 amide bonds. The molecule has 1 unspecified atom stereocenters. The Balaban J connectivity index is 1.42. The highest BCUT2D eigenvalue weighted by Crippen LogP contribution is 2.34. The van der Waals surface area contributed by atoms with Gasteiger partial charge in [-0.2, -0.15) is 0 Å². The second-order valence-electron chi connectivity index (χ2n) is 7.72. The molecule has 6 heteroatoms. The molecule has 0 aromatic heterocycles. The molecule has 0 fully saturated rings. The summed E-state index contributed by atoms with van der Waals surface area (Å²) in [5.74, 6) is -0.936. The first-order valence-electron chi connectivity index (χ1n) is 10.2. The Bertz CT molecular complexity index is 1100. The van der Waals surface area contributed by atoms with E-state index < -0.39 is 0 Å². The number of nitrogens with one attached hydrogen (secondary N) is 2. The summed E-state index contributed by atoms with van der Waals surface area (Å²) in [6.07, 6.45) is 2.00. The van der Waals surface area contributed by atoms with Crippen molar-refractivity contribution in [2.45, 2.75) is 18.9 Å². The molecule has 3 aromatic rings. The van der Waals surface area contributed by atoms with E-state index in [1.165, 1.54) is 35.4 Å². The number of nitrogens with zero attached hydrogens (tertiary/aromatic N) is 1. The van der Waals surface area contributed by atoms with Gasteiger partial charge in [0.15, 0.2) is 0 Å². The maximum Gasteiger partial charge on any atom is 0.257 e. The fraction of sp³-hybridized carbons (Fsp3) is 0.200. The van der Waals surface area contributed by atoms with Crippen LogP contribution in [0.3, 0.4) is 0 Å². The van der Waals surface area contributed by atoms with Crippen LogP contribution in [0.4, 0.5) is 15.8 Å². The maximum atomic E-state index is 13.1. The third-order valence-corrected chi connectivity index (χ3v) is 5.57. The van der Waals surface area contributed by atoms with Crippen LogP contribution in [0.25, 0.3) is 0 Å². The minimum absolute atomic E-state index is 0.186. The molecule has 31 heavy (non-hydrogen) atoms. The molecule has 158 valence electrons. The molecular formula is C25H24FN3O2. The first-order chi connectivity index (χ1) is 15.0. The van der Waals surface area contributed by atoms with Gasteiger partial charge in [-0.15, -0.1) is 0 Å². The number of hydrogen-bond donors (Lipinski definition) is 2. The molecule has 0 spiro atoms. The van der Waals surface area contributed by atoms with E-state index in [-0.39, 0.29) is 30.2 Å². The number of halogens is 1. The quantitative estimate of drug-likeness (QED) is 0.614. The van der Waals surface area contributed by atoms with Gasteiger partial charge in [0.05, 0.1) is 17.8 Å². The van der Waals surface area contributed by atoms with Crippen molar-refractivity contribution in [2.24, 2.45) is 0 Å². The van der Waals surface area contributed by atoms with E-state index in [0.717, 1.165) is 12.8 Å². The summed E-state index contributed by atoms with van der Waals surface area (Å²) in [6.45, 7) is 0.215. The Kier molecular flexibility index (Phi) is 6.09. The number of rotatable bonds is 6. The largest absolute Gasteiger partial charge is 0.324 e. The van der Waals surface area contributed by atoms with Crippen molar-refractivity contribution in [1.82, 2.24) is 4.90 Å². The number of fused-ring (bicyclic) bond motifs is 1. The fourth-order valence-corrected chi connectivity index (χ4v) is 4.04. The van der Waals surface area contributed by atoms with Gasteiger partial charge < -0.3 is 10.6 Å². The Hall–Kier alpha value is -3.51. The molecule has 1 aliphatic rings. The summed E-state index contributed by atoms with van der Waals surface area (Å²) in [4.78, 5) is 27.5. The van der Waals surface area contributed by atoms with E-state index in [1.54, 1.807) is 24.3 Å². The second-order valence-corrected chi connectivity index (χ2v) is 7.72. The highest BCUT2D eigenvalue weighted by atomic mass is 19.1. The van der Waals surface area contributed by atoms with Gasteiger partial charge in [-0.3, -0.25) is 14.5 Å². The molecule has 0 saturated carbocycles. The van der Waals surface area contributed by atoms with Crippen molar-refractivity contribution in [3.8, 4) is 0 Å². The van der Waals surface area contributed by atoms with Crippen molar-refractivity contribution < 1.29 is 14.0 Å². The zero-order valence-electron chi connectivity index (χ0n) is 17.3. The number of hydrogen-bond acceptors (Lipinski definition) is 3. The predicted molar refractivity (Wildman–Crippen MR) is 120 cm³/mol. The lowest BCUT2D eigenvalue weighted by Gasteiger charge is -2.24. The fourth-order valence-electron chi connectivity index (χ4n) is 4.04. The normalized spacial score (nSPS) is 14.9. The number of aryl methyl sites for hydroxylation is 1. The van der Waals surface area contributed by atoms with Gasteiger partial charge in [0.2, 0.25) is 5.91 Å². The second kappa shape index (κ2) is 9.10. The SMILES string of the molecule is CN(CC(=O)Nc1ccccc1C(=O)Nc1ccc(F)cc1)C1CCc2ccccc21. The smallest absolute Gasteiger partial charge is 0.257 e. The van der Waals surface area contributed by atoms with Crippen LogP contribution in [0.2, 0.25) is 0 Å². The van der Waals surface area contributed by atoms with Crippen molar-refractivity contribution in [2.75, 3.05) is 24.2 Å². The van der Waals surface area contributed by atoms with Gasteiger partial charge in [-0.05, 0) is 67.4 Å². The molecule has 2 N–H and O–H groups in total. The summed E-state index contributed by atoms with van der Waals surface area (Å²) < 4.78 is 13.1. The third-order valence-electron chi connectivity index (χ3n) is 5.57. The summed E-state index contributed by atoms with van der Waals surface area (Å²) in [5.41, 5.74) is 3.87. The first-order valence-corrected chi connectivity index (χ1v) is 10.2. The number of likely N-dealkylation sites (N-methyl/N-ethyl adjacent to an activating group) is 1. The van der Waals surface area contributed by atoms with Crippen molar-refractivity contribution in [3.63, 3.8) is 0 Å². The Morgan fingerprint density at radius 1 is 0.968 bits per heavy atom. The Morgan fingerprint density at radius 2 is 1.68 bits per heavy atom. The number of carbonyl (C=O) groups is 2. The standard InChI is InChI=1S/C25H24FN3O2/c1-29(23-15-10-17-6-2-3-7-20(17)23)16-24(30)28-22-9-5-4-8-21(22)25(31)27-19-13-11-18(26)12-14-19/h2-9,11-14,23H,10,15-16H2,1H3,(H,27,31)(H,28,30). The number of carbonyl (C=O) groups excluding carboxylic acids is 2. The van der Waals surface area contributed by atoms with Crippen LogP contribution in [0.15, 0.2) is 72.8 Å². The van der Waals surface area contributed by atoms with Crippen LogP contribution in [-0.2, 0) is 11.2 Å². The lowest BCUT2D eigenvalue weighted by Crippen LogP contribution is -2.33. The molecule has 3 aromatic carbocycles. The summed E-state index contributed by atoms with van der Waals surface area (Å²) in [5, 5.41) is 5.59. The molecule has 0 heterocycles. The van der Waals surface area contributed by atoms with Gasteiger partial charge in [0, 0.05) is 11.7 Å². The number of amides is 2. The molecule has 0 bridgehead atoms. The summed E-state index contributed by atoms with van der Waals surface area (Å²) >= 11 is 0. The van der Waals surface area contributed by atoms with Crippen molar-refractivity contribution in [1.29, 1.82) is 0 Å². The Morgan fingerprint density at radius 3 is 2.48 bits per heavy atom. The summed E-state index contributed by atoms with van der Waals surface area (Å²) in [6, 6.07) is 20.9. The number of para-hydroxylation sites is 1. The summed E-state index contributed by atoms with van der Waals surface area (Å²) in [7, 11) is 1.94. The first kappa shape index (κ1) is 20.8.